The largest absolute Gasteiger partial charge is 0.453 e. The van der Waals surface area contributed by atoms with Crippen molar-refractivity contribution in [2.75, 3.05) is 24.3 Å². The summed E-state index contributed by atoms with van der Waals surface area (Å²) in [6.45, 7) is 2.19. The number of fused-ring (bicyclic) bond motifs is 4. The molecule has 3 amide bonds. The third-order valence-corrected chi connectivity index (χ3v) is 8.26. The monoisotopic (exact) mass is 600 g/mol. The fraction of sp³-hybridized carbons (Fsp3) is 0.273. The number of anilines is 2. The smallest absolute Gasteiger partial charge is 0.411 e. The van der Waals surface area contributed by atoms with Crippen LogP contribution in [0, 0.1) is 23.1 Å². The van der Waals surface area contributed by atoms with Crippen molar-refractivity contribution in [3.63, 3.8) is 0 Å². The summed E-state index contributed by atoms with van der Waals surface area (Å²) < 4.78 is 19.7. The van der Waals surface area contributed by atoms with Crippen LogP contribution in [0.2, 0.25) is 5.02 Å². The molecule has 0 spiro atoms. The number of nitrogens with zero attached hydrogens (tertiary/aromatic N) is 2. The third-order valence-electron chi connectivity index (χ3n) is 7.97. The minimum atomic E-state index is -0.706. The number of benzene rings is 3. The lowest BCUT2D eigenvalue weighted by Gasteiger charge is -2.35. The molecule has 8 nitrogen and oxygen atoms in total. The van der Waals surface area contributed by atoms with Crippen LogP contribution in [0.25, 0.3) is 16.7 Å². The number of carbonyl (C=O) groups excluding carboxylic acids is 3. The summed E-state index contributed by atoms with van der Waals surface area (Å²) in [5.41, 5.74) is 4.16. The van der Waals surface area contributed by atoms with E-state index in [0.717, 1.165) is 16.7 Å². The molecule has 2 N–H and O–H groups in total. The molecule has 0 saturated heterocycles. The van der Waals surface area contributed by atoms with Gasteiger partial charge in [-0.15, -0.1) is 0 Å². The Morgan fingerprint density at radius 3 is 2.72 bits per heavy atom. The number of rotatable bonds is 3. The van der Waals surface area contributed by atoms with Crippen molar-refractivity contribution in [1.29, 1.82) is 5.26 Å². The third kappa shape index (κ3) is 6.25. The van der Waals surface area contributed by atoms with Crippen molar-refractivity contribution in [3.05, 3.63) is 88.2 Å². The fourth-order valence-electron chi connectivity index (χ4n) is 5.69. The summed E-state index contributed by atoms with van der Waals surface area (Å²) >= 11 is 6.01. The van der Waals surface area contributed by atoms with Crippen LogP contribution in [-0.4, -0.2) is 36.5 Å². The molecule has 0 saturated carbocycles. The molecule has 0 aliphatic carbocycles. The number of halogens is 2. The van der Waals surface area contributed by atoms with Crippen LogP contribution in [0.5, 0.6) is 0 Å². The van der Waals surface area contributed by atoms with E-state index in [-0.39, 0.29) is 39.9 Å². The highest BCUT2D eigenvalue weighted by Gasteiger charge is 2.30. The number of carbonyl (C=O) groups is 3. The summed E-state index contributed by atoms with van der Waals surface area (Å²) in [7, 11) is 1.28. The highest BCUT2D eigenvalue weighted by Crippen LogP contribution is 2.38. The lowest BCUT2D eigenvalue weighted by Crippen LogP contribution is -2.37. The minimum absolute atomic E-state index is 0.0705. The second-order valence-electron chi connectivity index (χ2n) is 10.7. The zero-order valence-corrected chi connectivity index (χ0v) is 24.5. The lowest BCUT2D eigenvalue weighted by atomic mass is 9.89. The van der Waals surface area contributed by atoms with Gasteiger partial charge in [0.05, 0.1) is 35.5 Å². The first-order valence-corrected chi connectivity index (χ1v) is 14.4. The molecular weight excluding hydrogens is 571 g/mol. The number of hydrogen-bond acceptors (Lipinski definition) is 5. The zero-order chi connectivity index (χ0) is 30.7. The van der Waals surface area contributed by atoms with E-state index in [1.54, 1.807) is 17.0 Å². The molecule has 0 fully saturated rings. The van der Waals surface area contributed by atoms with E-state index in [9.17, 15) is 24.0 Å². The second kappa shape index (κ2) is 12.7. The quantitative estimate of drug-likeness (QED) is 0.327. The Bertz CT molecular complexity index is 1680. The van der Waals surface area contributed by atoms with E-state index in [0.29, 0.717) is 49.2 Å². The molecule has 10 heteroatoms. The first-order valence-electron chi connectivity index (χ1n) is 14.0. The van der Waals surface area contributed by atoms with Gasteiger partial charge in [-0.05, 0) is 66.3 Å². The first kappa shape index (κ1) is 29.8. The molecule has 2 unspecified atom stereocenters. The van der Waals surface area contributed by atoms with Crippen molar-refractivity contribution < 1.29 is 23.5 Å². The second-order valence-corrected chi connectivity index (χ2v) is 11.1. The molecular formula is C33H30ClFN4O4. The van der Waals surface area contributed by atoms with Crippen LogP contribution in [0.1, 0.15) is 55.3 Å². The normalized spacial score (nSPS) is 18.7. The van der Waals surface area contributed by atoms with Gasteiger partial charge in [-0.1, -0.05) is 49.2 Å². The van der Waals surface area contributed by atoms with Gasteiger partial charge in [-0.2, -0.15) is 5.26 Å². The van der Waals surface area contributed by atoms with Crippen LogP contribution in [0.15, 0.2) is 60.7 Å². The number of nitrogens with one attached hydrogen (secondary N) is 2. The molecule has 0 radical (unpaired) electrons. The number of amides is 3. The molecule has 2 heterocycles. The maximum absolute atomic E-state index is 15.0. The zero-order valence-electron chi connectivity index (χ0n) is 23.7. The number of ether oxygens (including phenoxy) is 1. The van der Waals surface area contributed by atoms with Gasteiger partial charge in [0, 0.05) is 35.4 Å². The molecule has 2 aliphatic rings. The van der Waals surface area contributed by atoms with Gasteiger partial charge < -0.3 is 15.0 Å². The molecule has 0 aromatic heterocycles. The van der Waals surface area contributed by atoms with E-state index >= 15 is 0 Å². The summed E-state index contributed by atoms with van der Waals surface area (Å²) in [5, 5.41) is 15.1. The molecule has 220 valence electrons. The number of methoxy groups -OCH3 is 1. The predicted molar refractivity (Wildman–Crippen MR) is 163 cm³/mol. The van der Waals surface area contributed by atoms with Crippen molar-refractivity contribution in [2.24, 2.45) is 5.92 Å². The minimum Gasteiger partial charge on any atom is -0.453 e. The molecule has 3 aromatic carbocycles. The number of hydrogen-bond donors (Lipinski definition) is 2. The Kier molecular flexibility index (Phi) is 8.78. The first-order chi connectivity index (χ1) is 20.7. The van der Waals surface area contributed by atoms with Crippen LogP contribution in [0.3, 0.4) is 0 Å². The van der Waals surface area contributed by atoms with E-state index in [4.69, 9.17) is 16.3 Å². The molecule has 2 bridgehead atoms. The van der Waals surface area contributed by atoms with Gasteiger partial charge in [0.1, 0.15) is 0 Å². The van der Waals surface area contributed by atoms with Crippen molar-refractivity contribution in [2.45, 2.75) is 38.6 Å². The van der Waals surface area contributed by atoms with Gasteiger partial charge in [-0.25, -0.2) is 9.18 Å². The predicted octanol–water partition coefficient (Wildman–Crippen LogP) is 7.31. The summed E-state index contributed by atoms with van der Waals surface area (Å²) in [6, 6.07) is 17.6. The van der Waals surface area contributed by atoms with E-state index in [2.05, 4.69) is 10.6 Å². The van der Waals surface area contributed by atoms with Gasteiger partial charge in [0.15, 0.2) is 5.82 Å². The van der Waals surface area contributed by atoms with Gasteiger partial charge >= 0.3 is 6.09 Å². The standard InChI is InChI=1S/C33H30ClFN4O4/c1-19-5-3-8-28(39-14-13-22(16-29(39)40)30-23(18-36)9-12-26(34)31(30)35)21-7-4-6-20(15-21)25-11-10-24(37-33(42)43-2)17-27(25)38-32(19)41/h4,6-7,9-12,15-17,19,28H,3,5,8,13-14H2,1-2H3,(H,37,42)(H,38,41). The van der Waals surface area contributed by atoms with Crippen LogP contribution < -0.4 is 10.6 Å². The molecule has 5 rings (SSSR count). The SMILES string of the molecule is COC(=O)Nc1ccc2c(c1)NC(=O)C(C)CCCC(N1CCC(c3c(C#N)ccc(Cl)c3F)=CC1=O)c1cccc-2c1. The average molecular weight is 601 g/mol. The molecule has 2 atom stereocenters. The van der Waals surface area contributed by atoms with Crippen LogP contribution >= 0.6 is 11.6 Å². The Morgan fingerprint density at radius 2 is 1.98 bits per heavy atom. The maximum Gasteiger partial charge on any atom is 0.411 e. The Labute approximate surface area is 254 Å². The topological polar surface area (TPSA) is 112 Å². The molecule has 3 aromatic rings. The van der Waals surface area contributed by atoms with Crippen molar-refractivity contribution >= 4 is 46.5 Å². The van der Waals surface area contributed by atoms with Crippen LogP contribution in [-0.2, 0) is 14.3 Å². The number of nitriles is 1. The lowest BCUT2D eigenvalue weighted by molar-refractivity contribution is -0.129. The van der Waals surface area contributed by atoms with Crippen LogP contribution in [0.4, 0.5) is 20.6 Å². The fourth-order valence-corrected chi connectivity index (χ4v) is 5.84. The van der Waals surface area contributed by atoms with E-state index < -0.39 is 11.9 Å². The summed E-state index contributed by atoms with van der Waals surface area (Å²) in [4.78, 5) is 40.3. The maximum atomic E-state index is 15.0. The van der Waals surface area contributed by atoms with Crippen molar-refractivity contribution in [1.82, 2.24) is 4.90 Å². The van der Waals surface area contributed by atoms with Gasteiger partial charge in [0.2, 0.25) is 11.8 Å². The van der Waals surface area contributed by atoms with E-state index in [1.807, 2.05) is 43.3 Å². The van der Waals surface area contributed by atoms with Gasteiger partial charge in [-0.3, -0.25) is 14.9 Å². The highest BCUT2D eigenvalue weighted by molar-refractivity contribution is 6.31. The Balaban J connectivity index is 1.53. The molecule has 43 heavy (non-hydrogen) atoms. The Morgan fingerprint density at radius 1 is 1.16 bits per heavy atom. The summed E-state index contributed by atoms with van der Waals surface area (Å²) in [6.07, 6.45) is 3.04. The van der Waals surface area contributed by atoms with E-state index in [1.165, 1.54) is 25.3 Å². The van der Waals surface area contributed by atoms with Gasteiger partial charge in [0.25, 0.3) is 0 Å². The summed E-state index contributed by atoms with van der Waals surface area (Å²) in [5.74, 6) is -1.44. The molecule has 2 aliphatic heterocycles. The highest BCUT2D eigenvalue weighted by atomic mass is 35.5. The van der Waals surface area contributed by atoms with Crippen molar-refractivity contribution in [3.8, 4) is 17.2 Å². The average Bonchev–Trinajstić information content (AvgIpc) is 3.00. The Hall–Kier alpha value is -4.68.